The van der Waals surface area contributed by atoms with Crippen LogP contribution in [0.1, 0.15) is 16.1 Å². The van der Waals surface area contributed by atoms with Crippen molar-refractivity contribution in [2.45, 2.75) is 0 Å². The Kier molecular flexibility index (Phi) is 4.25. The number of amides is 1. The van der Waals surface area contributed by atoms with Gasteiger partial charge in [0.2, 0.25) is 0 Å². The van der Waals surface area contributed by atoms with Crippen LogP contribution in [0.2, 0.25) is 0 Å². The first-order valence-corrected chi connectivity index (χ1v) is 5.92. The molecule has 0 unspecified atom stereocenters. The summed E-state index contributed by atoms with van der Waals surface area (Å²) in [5.41, 5.74) is 0.920. The molecule has 0 spiro atoms. The van der Waals surface area contributed by atoms with Crippen LogP contribution in [-0.2, 0) is 4.79 Å². The molecule has 0 aliphatic heterocycles. The largest absolute Gasteiger partial charge is 0.478 e. The van der Waals surface area contributed by atoms with E-state index < -0.39 is 11.9 Å². The summed E-state index contributed by atoms with van der Waals surface area (Å²) in [6.07, 6.45) is 4.71. The second kappa shape index (κ2) is 6.29. The van der Waals surface area contributed by atoms with Crippen LogP contribution >= 0.6 is 0 Å². The molecule has 3 N–H and O–H groups in total. The highest BCUT2D eigenvalue weighted by molar-refractivity contribution is 6.02. The molecule has 1 heterocycles. The summed E-state index contributed by atoms with van der Waals surface area (Å²) >= 11 is 0. The van der Waals surface area contributed by atoms with Crippen LogP contribution in [0.3, 0.4) is 0 Å². The first-order valence-electron chi connectivity index (χ1n) is 5.92. The van der Waals surface area contributed by atoms with Gasteiger partial charge in [-0.2, -0.15) is 0 Å². The van der Waals surface area contributed by atoms with E-state index in [1.807, 2.05) is 0 Å². The summed E-state index contributed by atoms with van der Waals surface area (Å²) in [4.78, 5) is 39.1. The van der Waals surface area contributed by atoms with Crippen molar-refractivity contribution in [3.63, 3.8) is 0 Å². The molecule has 1 aromatic heterocycles. The standard InChI is InChI=1S/C14H11N3O4/c18-12-8-15-11(7-16-12)14(21)17-10-4-1-9(2-5-10)3-6-13(19)20/h1-8H,(H,16,18)(H,17,21)(H,19,20). The van der Waals surface area contributed by atoms with Crippen LogP contribution in [0.15, 0.2) is 47.5 Å². The van der Waals surface area contributed by atoms with Crippen LogP contribution in [0.4, 0.5) is 5.69 Å². The molecule has 0 atom stereocenters. The third-order valence-corrected chi connectivity index (χ3v) is 2.49. The maximum atomic E-state index is 11.8. The average Bonchev–Trinajstić information content (AvgIpc) is 2.47. The quantitative estimate of drug-likeness (QED) is 0.729. The Morgan fingerprint density at radius 3 is 2.52 bits per heavy atom. The van der Waals surface area contributed by atoms with E-state index in [9.17, 15) is 14.4 Å². The SMILES string of the molecule is O=C(O)C=Cc1ccc(NC(=O)c2c[nH]c(=O)cn2)cc1. The highest BCUT2D eigenvalue weighted by Gasteiger charge is 2.07. The van der Waals surface area contributed by atoms with Crippen molar-refractivity contribution in [2.24, 2.45) is 0 Å². The predicted molar refractivity (Wildman–Crippen MR) is 75.9 cm³/mol. The van der Waals surface area contributed by atoms with E-state index in [0.29, 0.717) is 11.3 Å². The van der Waals surface area contributed by atoms with E-state index in [0.717, 1.165) is 12.3 Å². The van der Waals surface area contributed by atoms with Gasteiger partial charge >= 0.3 is 5.97 Å². The van der Waals surface area contributed by atoms with Gasteiger partial charge in [-0.1, -0.05) is 12.1 Å². The third kappa shape index (κ3) is 4.13. The van der Waals surface area contributed by atoms with Crippen LogP contribution in [0.5, 0.6) is 0 Å². The lowest BCUT2D eigenvalue weighted by molar-refractivity contribution is -0.131. The molecule has 106 valence electrons. The minimum Gasteiger partial charge on any atom is -0.478 e. The van der Waals surface area contributed by atoms with Crippen molar-refractivity contribution < 1.29 is 14.7 Å². The number of carboxylic acid groups (broad SMARTS) is 1. The van der Waals surface area contributed by atoms with Crippen molar-refractivity contribution in [1.82, 2.24) is 9.97 Å². The maximum absolute atomic E-state index is 11.8. The van der Waals surface area contributed by atoms with Gasteiger partial charge in [0.15, 0.2) is 0 Å². The minimum atomic E-state index is -1.03. The van der Waals surface area contributed by atoms with Crippen molar-refractivity contribution in [2.75, 3.05) is 5.32 Å². The fraction of sp³-hybridized carbons (Fsp3) is 0. The molecule has 7 heteroatoms. The van der Waals surface area contributed by atoms with E-state index in [1.165, 1.54) is 12.3 Å². The van der Waals surface area contributed by atoms with Crippen molar-refractivity contribution in [3.05, 3.63) is 64.3 Å². The number of hydrogen-bond acceptors (Lipinski definition) is 4. The van der Waals surface area contributed by atoms with Gasteiger partial charge in [0, 0.05) is 18.0 Å². The molecule has 0 aliphatic rings. The van der Waals surface area contributed by atoms with E-state index >= 15 is 0 Å². The number of carbonyl (C=O) groups is 2. The Labute approximate surface area is 119 Å². The van der Waals surface area contributed by atoms with Crippen LogP contribution in [0, 0.1) is 0 Å². The Bertz CT molecular complexity index is 727. The number of H-pyrrole nitrogens is 1. The van der Waals surface area contributed by atoms with Crippen LogP contribution in [-0.4, -0.2) is 27.0 Å². The Morgan fingerprint density at radius 1 is 1.24 bits per heavy atom. The Balaban J connectivity index is 2.06. The zero-order chi connectivity index (χ0) is 15.2. The van der Waals surface area contributed by atoms with Gasteiger partial charge < -0.3 is 15.4 Å². The van der Waals surface area contributed by atoms with Crippen molar-refractivity contribution in [3.8, 4) is 0 Å². The monoisotopic (exact) mass is 285 g/mol. The smallest absolute Gasteiger partial charge is 0.328 e. The number of aromatic nitrogens is 2. The fourth-order valence-corrected chi connectivity index (χ4v) is 1.51. The van der Waals surface area contributed by atoms with Gasteiger partial charge in [-0.15, -0.1) is 0 Å². The van der Waals surface area contributed by atoms with Gasteiger partial charge in [-0.05, 0) is 23.8 Å². The molecule has 0 saturated heterocycles. The lowest BCUT2D eigenvalue weighted by Crippen LogP contribution is -2.16. The fourth-order valence-electron chi connectivity index (χ4n) is 1.51. The number of nitrogens with zero attached hydrogens (tertiary/aromatic N) is 1. The lowest BCUT2D eigenvalue weighted by atomic mass is 10.2. The number of rotatable bonds is 4. The summed E-state index contributed by atoms with van der Waals surface area (Å²) in [6.45, 7) is 0. The van der Waals surface area contributed by atoms with Gasteiger partial charge in [0.25, 0.3) is 11.5 Å². The molecule has 7 nitrogen and oxygen atoms in total. The van der Waals surface area contributed by atoms with Crippen molar-refractivity contribution in [1.29, 1.82) is 0 Å². The second-order valence-electron chi connectivity index (χ2n) is 4.04. The molecule has 2 rings (SSSR count). The zero-order valence-electron chi connectivity index (χ0n) is 10.7. The van der Waals surface area contributed by atoms with E-state index in [1.54, 1.807) is 24.3 Å². The molecule has 21 heavy (non-hydrogen) atoms. The number of nitrogens with one attached hydrogen (secondary N) is 2. The number of benzene rings is 1. The third-order valence-electron chi connectivity index (χ3n) is 2.49. The molecule has 2 aromatic rings. The number of hydrogen-bond donors (Lipinski definition) is 3. The van der Waals surface area contributed by atoms with E-state index in [-0.39, 0.29) is 11.3 Å². The normalized spacial score (nSPS) is 10.5. The van der Waals surface area contributed by atoms with Crippen LogP contribution < -0.4 is 10.9 Å². The topological polar surface area (TPSA) is 112 Å². The molecular weight excluding hydrogens is 274 g/mol. The molecular formula is C14H11N3O4. The first-order chi connectivity index (χ1) is 10.0. The first kappa shape index (κ1) is 14.2. The van der Waals surface area contributed by atoms with Crippen LogP contribution in [0.25, 0.3) is 6.08 Å². The highest BCUT2D eigenvalue weighted by atomic mass is 16.4. The highest BCUT2D eigenvalue weighted by Crippen LogP contribution is 2.11. The van der Waals surface area contributed by atoms with E-state index in [2.05, 4.69) is 15.3 Å². The molecule has 0 radical (unpaired) electrons. The Morgan fingerprint density at radius 2 is 1.95 bits per heavy atom. The molecule has 0 bridgehead atoms. The van der Waals surface area contributed by atoms with Gasteiger partial charge in [0.1, 0.15) is 5.69 Å². The molecule has 0 aliphatic carbocycles. The number of carboxylic acids is 1. The van der Waals surface area contributed by atoms with Gasteiger partial charge in [-0.3, -0.25) is 9.59 Å². The Hall–Kier alpha value is -3.22. The summed E-state index contributed by atoms with van der Waals surface area (Å²) < 4.78 is 0. The maximum Gasteiger partial charge on any atom is 0.328 e. The molecule has 0 saturated carbocycles. The number of aliphatic carboxylic acids is 1. The van der Waals surface area contributed by atoms with E-state index in [4.69, 9.17) is 5.11 Å². The van der Waals surface area contributed by atoms with Gasteiger partial charge in [0.05, 0.1) is 6.20 Å². The van der Waals surface area contributed by atoms with Gasteiger partial charge in [-0.25, -0.2) is 9.78 Å². The minimum absolute atomic E-state index is 0.0875. The molecule has 0 fully saturated rings. The molecule has 1 amide bonds. The average molecular weight is 285 g/mol. The predicted octanol–water partition coefficient (Wildman–Crippen LogP) is 1.12. The summed E-state index contributed by atoms with van der Waals surface area (Å²) in [5.74, 6) is -1.49. The zero-order valence-corrected chi connectivity index (χ0v) is 10.7. The summed E-state index contributed by atoms with van der Waals surface area (Å²) in [5, 5.41) is 11.1. The number of anilines is 1. The number of carbonyl (C=O) groups excluding carboxylic acids is 1. The second-order valence-corrected chi connectivity index (χ2v) is 4.04. The lowest BCUT2D eigenvalue weighted by Gasteiger charge is -2.04. The molecule has 1 aromatic carbocycles. The van der Waals surface area contributed by atoms with Crippen molar-refractivity contribution >= 4 is 23.6 Å². The number of aromatic amines is 1. The summed E-state index contributed by atoms with van der Waals surface area (Å²) in [7, 11) is 0. The summed E-state index contributed by atoms with van der Waals surface area (Å²) in [6, 6.07) is 6.58.